The molecule has 112 valence electrons. The van der Waals surface area contributed by atoms with Gasteiger partial charge in [0.1, 0.15) is 0 Å². The summed E-state index contributed by atoms with van der Waals surface area (Å²) in [7, 11) is 1.97. The first-order valence-corrected chi connectivity index (χ1v) is 7.98. The fourth-order valence-electron chi connectivity index (χ4n) is 2.99. The molecule has 1 aliphatic rings. The highest BCUT2D eigenvalue weighted by molar-refractivity contribution is 6.32. The van der Waals surface area contributed by atoms with Crippen molar-refractivity contribution in [1.29, 1.82) is 0 Å². The van der Waals surface area contributed by atoms with Crippen molar-refractivity contribution in [2.45, 2.75) is 25.2 Å². The first-order chi connectivity index (χ1) is 10.1. The summed E-state index contributed by atoms with van der Waals surface area (Å²) in [6.07, 6.45) is 1.75. The van der Waals surface area contributed by atoms with E-state index in [1.807, 2.05) is 23.9 Å². The Morgan fingerprint density at radius 1 is 1.24 bits per heavy atom. The summed E-state index contributed by atoms with van der Waals surface area (Å²) in [4.78, 5) is 0. The van der Waals surface area contributed by atoms with E-state index in [-0.39, 0.29) is 5.41 Å². The molecule has 3 nitrogen and oxygen atoms in total. The van der Waals surface area contributed by atoms with Gasteiger partial charge < -0.3 is 5.32 Å². The zero-order valence-corrected chi connectivity index (χ0v) is 13.8. The number of nitrogens with zero attached hydrogens (tertiary/aromatic N) is 2. The Labute approximate surface area is 135 Å². The van der Waals surface area contributed by atoms with Crippen LogP contribution in [0.5, 0.6) is 0 Å². The van der Waals surface area contributed by atoms with Gasteiger partial charge in [0.25, 0.3) is 0 Å². The van der Waals surface area contributed by atoms with Gasteiger partial charge in [-0.15, -0.1) is 0 Å². The van der Waals surface area contributed by atoms with E-state index >= 15 is 0 Å². The zero-order chi connectivity index (χ0) is 15.0. The number of hydrogen-bond donors (Lipinski definition) is 1. The van der Waals surface area contributed by atoms with Gasteiger partial charge in [-0.05, 0) is 24.1 Å². The van der Waals surface area contributed by atoms with E-state index in [9.17, 15) is 0 Å². The van der Waals surface area contributed by atoms with Gasteiger partial charge in [-0.3, -0.25) is 4.68 Å². The fraction of sp³-hybridized carbons (Fsp3) is 0.438. The number of halogens is 2. The third-order valence-corrected chi connectivity index (χ3v) is 5.08. The maximum Gasteiger partial charge on any atom is 0.0850 e. The van der Waals surface area contributed by atoms with Crippen LogP contribution in [0.4, 0.5) is 0 Å². The van der Waals surface area contributed by atoms with Crippen molar-refractivity contribution in [1.82, 2.24) is 15.1 Å². The molecule has 0 radical (unpaired) electrons. The second kappa shape index (κ2) is 5.64. The second-order valence-electron chi connectivity index (χ2n) is 5.75. The van der Waals surface area contributed by atoms with Gasteiger partial charge in [-0.2, -0.15) is 5.10 Å². The molecule has 0 aliphatic carbocycles. The predicted molar refractivity (Wildman–Crippen MR) is 87.3 cm³/mol. The Kier molecular flexibility index (Phi) is 4.00. The van der Waals surface area contributed by atoms with Crippen molar-refractivity contribution in [3.8, 4) is 0 Å². The van der Waals surface area contributed by atoms with Crippen LogP contribution in [0, 0.1) is 0 Å². The Hall–Kier alpha value is -1.03. The lowest BCUT2D eigenvalue weighted by atomic mass is 9.72. The molecule has 3 rings (SSSR count). The molecule has 1 fully saturated rings. The number of rotatable bonds is 4. The largest absolute Gasteiger partial charge is 0.315 e. The molecule has 1 saturated heterocycles. The van der Waals surface area contributed by atoms with Crippen molar-refractivity contribution in [3.05, 3.63) is 51.3 Å². The van der Waals surface area contributed by atoms with Crippen LogP contribution in [0.25, 0.3) is 0 Å². The van der Waals surface area contributed by atoms with Crippen LogP contribution in [0.3, 0.4) is 0 Å². The van der Waals surface area contributed by atoms with Crippen molar-refractivity contribution >= 4 is 23.2 Å². The lowest BCUT2D eigenvalue weighted by Crippen LogP contribution is -2.58. The smallest absolute Gasteiger partial charge is 0.0850 e. The van der Waals surface area contributed by atoms with E-state index in [4.69, 9.17) is 23.2 Å². The fourth-order valence-corrected chi connectivity index (χ4v) is 3.48. The van der Waals surface area contributed by atoms with Crippen LogP contribution in [0.1, 0.15) is 23.9 Å². The maximum atomic E-state index is 6.50. The molecular formula is C16H19Cl2N3. The number of benzene rings is 1. The highest BCUT2D eigenvalue weighted by Crippen LogP contribution is 2.35. The average Bonchev–Trinajstić information content (AvgIpc) is 2.70. The molecular weight excluding hydrogens is 305 g/mol. The van der Waals surface area contributed by atoms with E-state index in [2.05, 4.69) is 29.5 Å². The first-order valence-electron chi connectivity index (χ1n) is 7.23. The Balaban J connectivity index is 1.95. The summed E-state index contributed by atoms with van der Waals surface area (Å²) < 4.78 is 1.93. The molecule has 0 atom stereocenters. The molecule has 0 amide bonds. The van der Waals surface area contributed by atoms with Gasteiger partial charge in [-0.25, -0.2) is 0 Å². The quantitative estimate of drug-likeness (QED) is 0.934. The summed E-state index contributed by atoms with van der Waals surface area (Å²) in [6, 6.07) is 8.15. The summed E-state index contributed by atoms with van der Waals surface area (Å²) in [5.41, 5.74) is 3.49. The van der Waals surface area contributed by atoms with Crippen LogP contribution in [0.15, 0.2) is 24.3 Å². The van der Waals surface area contributed by atoms with Gasteiger partial charge in [-0.1, -0.05) is 42.3 Å². The van der Waals surface area contributed by atoms with Crippen molar-refractivity contribution in [2.75, 3.05) is 13.1 Å². The highest BCUT2D eigenvalue weighted by Gasteiger charge is 2.40. The van der Waals surface area contributed by atoms with Crippen molar-refractivity contribution < 1.29 is 0 Å². The van der Waals surface area contributed by atoms with E-state index in [0.29, 0.717) is 0 Å². The Morgan fingerprint density at radius 3 is 2.38 bits per heavy atom. The summed E-state index contributed by atoms with van der Waals surface area (Å²) in [5, 5.41) is 9.50. The minimum atomic E-state index is 0.0903. The summed E-state index contributed by atoms with van der Waals surface area (Å²) in [5.74, 6) is 0. The highest BCUT2D eigenvalue weighted by atomic mass is 35.5. The standard InChI is InChI=1S/C16H19Cl2N3/c1-3-13-15(18)14(21(2)20-13)8-16(9-19-10-16)11-4-6-12(17)7-5-11/h4-7,19H,3,8-10H2,1-2H3. The van der Waals surface area contributed by atoms with E-state index in [1.54, 1.807) is 0 Å². The molecule has 0 bridgehead atoms. The topological polar surface area (TPSA) is 29.9 Å². The predicted octanol–water partition coefficient (Wildman–Crippen LogP) is 3.37. The molecule has 0 saturated carbocycles. The summed E-state index contributed by atoms with van der Waals surface area (Å²) in [6.45, 7) is 3.99. The number of hydrogen-bond acceptors (Lipinski definition) is 2. The van der Waals surface area contributed by atoms with Crippen molar-refractivity contribution in [2.24, 2.45) is 7.05 Å². The lowest BCUT2D eigenvalue weighted by Gasteiger charge is -2.43. The normalized spacial score (nSPS) is 16.8. The lowest BCUT2D eigenvalue weighted by molar-refractivity contribution is 0.270. The van der Waals surface area contributed by atoms with Gasteiger partial charge in [0.05, 0.1) is 16.4 Å². The molecule has 5 heteroatoms. The first kappa shape index (κ1) is 14.9. The van der Waals surface area contributed by atoms with Gasteiger partial charge in [0, 0.05) is 37.0 Å². The Bertz CT molecular complexity index is 642. The molecule has 2 aromatic rings. The van der Waals surface area contributed by atoms with E-state index < -0.39 is 0 Å². The monoisotopic (exact) mass is 323 g/mol. The van der Waals surface area contributed by atoms with Crippen LogP contribution in [-0.2, 0) is 25.3 Å². The van der Waals surface area contributed by atoms with Crippen LogP contribution < -0.4 is 5.32 Å². The van der Waals surface area contributed by atoms with Crippen LogP contribution in [-0.4, -0.2) is 22.9 Å². The third-order valence-electron chi connectivity index (χ3n) is 4.39. The van der Waals surface area contributed by atoms with Crippen molar-refractivity contribution in [3.63, 3.8) is 0 Å². The SMILES string of the molecule is CCc1nn(C)c(CC2(c3ccc(Cl)cc3)CNC2)c1Cl. The van der Waals surface area contributed by atoms with Gasteiger partial charge in [0.15, 0.2) is 0 Å². The molecule has 1 N–H and O–H groups in total. The molecule has 1 aromatic heterocycles. The Morgan fingerprint density at radius 2 is 1.90 bits per heavy atom. The second-order valence-corrected chi connectivity index (χ2v) is 6.57. The molecule has 1 aromatic carbocycles. The van der Waals surface area contributed by atoms with E-state index in [1.165, 1.54) is 5.56 Å². The number of nitrogens with one attached hydrogen (secondary N) is 1. The third kappa shape index (κ3) is 2.59. The van der Waals surface area contributed by atoms with E-state index in [0.717, 1.165) is 47.4 Å². The molecule has 0 spiro atoms. The van der Waals surface area contributed by atoms with Crippen LogP contribution >= 0.6 is 23.2 Å². The van der Waals surface area contributed by atoms with Crippen LogP contribution in [0.2, 0.25) is 10.0 Å². The van der Waals surface area contributed by atoms with Gasteiger partial charge in [0.2, 0.25) is 0 Å². The molecule has 2 heterocycles. The zero-order valence-electron chi connectivity index (χ0n) is 12.3. The minimum Gasteiger partial charge on any atom is -0.315 e. The minimum absolute atomic E-state index is 0.0903. The maximum absolute atomic E-state index is 6.50. The number of aryl methyl sites for hydroxylation is 2. The molecule has 21 heavy (non-hydrogen) atoms. The molecule has 1 aliphatic heterocycles. The van der Waals surface area contributed by atoms with Gasteiger partial charge >= 0.3 is 0 Å². The number of aromatic nitrogens is 2. The average molecular weight is 324 g/mol. The molecule has 0 unspecified atom stereocenters. The summed E-state index contributed by atoms with van der Waals surface area (Å²) >= 11 is 12.5.